The number of hydrogen-bond acceptors (Lipinski definition) is 1. The van der Waals surface area contributed by atoms with E-state index in [2.05, 4.69) is 46.7 Å². The van der Waals surface area contributed by atoms with Gasteiger partial charge in [0.2, 0.25) is 0 Å². The Balaban J connectivity index is 2.03. The minimum absolute atomic E-state index is 0.995. The first-order valence-electron chi connectivity index (χ1n) is 7.70. The van der Waals surface area contributed by atoms with Gasteiger partial charge in [-0.05, 0) is 50.0 Å². The molecule has 0 radical (unpaired) electrons. The Labute approximate surface area is 126 Å². The van der Waals surface area contributed by atoms with Crippen molar-refractivity contribution in [1.29, 1.82) is 0 Å². The number of nitrogens with zero attached hydrogens (tertiary/aromatic N) is 2. The van der Waals surface area contributed by atoms with E-state index < -0.39 is 0 Å². The second-order valence-electron chi connectivity index (χ2n) is 5.61. The van der Waals surface area contributed by atoms with Crippen LogP contribution in [0.5, 0.6) is 0 Å². The van der Waals surface area contributed by atoms with Crippen LogP contribution in [0.15, 0.2) is 30.3 Å². The van der Waals surface area contributed by atoms with Gasteiger partial charge in [-0.3, -0.25) is 4.57 Å². The maximum Gasteiger partial charge on any atom is 0.180 e. The Bertz CT molecular complexity index is 608. The van der Waals surface area contributed by atoms with E-state index in [1.165, 1.54) is 42.3 Å². The average molecular weight is 286 g/mol. The van der Waals surface area contributed by atoms with Crippen molar-refractivity contribution in [1.82, 2.24) is 9.47 Å². The molecule has 1 saturated heterocycles. The van der Waals surface area contributed by atoms with Crippen LogP contribution in [0.2, 0.25) is 0 Å². The summed E-state index contributed by atoms with van der Waals surface area (Å²) in [6.07, 6.45) is 6.09. The first kappa shape index (κ1) is 13.6. The van der Waals surface area contributed by atoms with Crippen molar-refractivity contribution in [2.75, 3.05) is 13.1 Å². The summed E-state index contributed by atoms with van der Waals surface area (Å²) in [7, 11) is 0. The number of aromatic nitrogens is 1. The molecule has 0 spiro atoms. The van der Waals surface area contributed by atoms with Crippen LogP contribution in [0.1, 0.15) is 38.3 Å². The molecular weight excluding hydrogens is 264 g/mol. The summed E-state index contributed by atoms with van der Waals surface area (Å²) in [4.78, 5) is 2.36. The smallest absolute Gasteiger partial charge is 0.180 e. The molecule has 0 bridgehead atoms. The van der Waals surface area contributed by atoms with Crippen molar-refractivity contribution < 1.29 is 0 Å². The average Bonchev–Trinajstić information content (AvgIpc) is 3.11. The number of benzene rings is 1. The van der Waals surface area contributed by atoms with Crippen molar-refractivity contribution in [3.8, 4) is 0 Å². The van der Waals surface area contributed by atoms with Crippen molar-refractivity contribution in [3.63, 3.8) is 0 Å². The molecule has 0 saturated carbocycles. The maximum atomic E-state index is 5.79. The van der Waals surface area contributed by atoms with Crippen LogP contribution in [0, 0.1) is 0 Å². The quantitative estimate of drug-likeness (QED) is 0.781. The number of likely N-dealkylation sites (tertiary alicyclic amines) is 1. The van der Waals surface area contributed by atoms with E-state index in [1.54, 1.807) is 0 Å². The van der Waals surface area contributed by atoms with Crippen LogP contribution < -0.4 is 0 Å². The van der Waals surface area contributed by atoms with Crippen LogP contribution in [0.25, 0.3) is 10.9 Å². The summed E-state index contributed by atoms with van der Waals surface area (Å²) in [6, 6.07) is 10.9. The number of hydrogen-bond donors (Lipinski definition) is 0. The van der Waals surface area contributed by atoms with Crippen LogP contribution in [-0.2, 0) is 6.42 Å². The van der Waals surface area contributed by atoms with Crippen molar-refractivity contribution in [3.05, 3.63) is 36.0 Å². The predicted octanol–water partition coefficient (Wildman–Crippen LogP) is 4.21. The Morgan fingerprint density at radius 2 is 1.95 bits per heavy atom. The summed E-state index contributed by atoms with van der Waals surface area (Å²) in [5, 5.41) is 2.30. The van der Waals surface area contributed by atoms with E-state index >= 15 is 0 Å². The lowest BCUT2D eigenvalue weighted by atomic mass is 10.2. The Kier molecular flexibility index (Phi) is 4.06. The van der Waals surface area contributed by atoms with Crippen molar-refractivity contribution in [2.24, 2.45) is 0 Å². The van der Waals surface area contributed by atoms with Crippen LogP contribution in [0.3, 0.4) is 0 Å². The highest BCUT2D eigenvalue weighted by Crippen LogP contribution is 2.23. The second-order valence-corrected chi connectivity index (χ2v) is 5.98. The van der Waals surface area contributed by atoms with Gasteiger partial charge in [0.25, 0.3) is 0 Å². The van der Waals surface area contributed by atoms with Crippen LogP contribution in [0.4, 0.5) is 0 Å². The molecule has 1 aromatic carbocycles. The zero-order valence-corrected chi connectivity index (χ0v) is 13.0. The molecule has 2 aromatic rings. The van der Waals surface area contributed by atoms with Crippen LogP contribution >= 0.6 is 12.2 Å². The third-order valence-corrected chi connectivity index (χ3v) is 4.58. The van der Waals surface area contributed by atoms with Gasteiger partial charge in [-0.2, -0.15) is 0 Å². The first-order valence-corrected chi connectivity index (χ1v) is 8.10. The van der Waals surface area contributed by atoms with Gasteiger partial charge in [-0.1, -0.05) is 31.5 Å². The van der Waals surface area contributed by atoms with Gasteiger partial charge in [0, 0.05) is 24.2 Å². The molecule has 1 aliphatic rings. The largest absolute Gasteiger partial charge is 0.349 e. The molecule has 1 fully saturated rings. The number of thiocarbonyl (C=S) groups is 1. The standard InChI is InChI=1S/C17H22N2S/c1-2-3-9-15-13-14-8-4-5-10-16(14)19(15)17(20)18-11-6-7-12-18/h4-5,8,10,13H,2-3,6-7,9,11-12H2,1H3. The number of para-hydroxylation sites is 1. The van der Waals surface area contributed by atoms with Gasteiger partial charge in [-0.25, -0.2) is 0 Å². The molecule has 0 N–H and O–H groups in total. The molecular formula is C17H22N2S. The number of aryl methyl sites for hydroxylation is 1. The van der Waals surface area contributed by atoms with Gasteiger partial charge >= 0.3 is 0 Å². The SMILES string of the molecule is CCCCc1cc2ccccc2n1C(=S)N1CCCC1. The molecule has 1 aromatic heterocycles. The predicted molar refractivity (Wildman–Crippen MR) is 89.4 cm³/mol. The molecule has 106 valence electrons. The van der Waals surface area contributed by atoms with E-state index in [0.29, 0.717) is 0 Å². The molecule has 3 heteroatoms. The highest BCUT2D eigenvalue weighted by atomic mass is 32.1. The molecule has 3 rings (SSSR count). The molecule has 0 aliphatic carbocycles. The van der Waals surface area contributed by atoms with E-state index in [9.17, 15) is 0 Å². The maximum absolute atomic E-state index is 5.79. The van der Waals surface area contributed by atoms with Gasteiger partial charge < -0.3 is 4.90 Å². The van der Waals surface area contributed by atoms with E-state index in [-0.39, 0.29) is 0 Å². The Morgan fingerprint density at radius 1 is 1.20 bits per heavy atom. The number of fused-ring (bicyclic) bond motifs is 1. The topological polar surface area (TPSA) is 8.17 Å². The summed E-state index contributed by atoms with van der Waals surface area (Å²) in [5.74, 6) is 0. The molecule has 0 atom stereocenters. The normalized spacial score (nSPS) is 15.2. The third-order valence-electron chi connectivity index (χ3n) is 4.14. The molecule has 0 amide bonds. The lowest BCUT2D eigenvalue weighted by molar-refractivity contribution is 0.511. The highest BCUT2D eigenvalue weighted by Gasteiger charge is 2.19. The zero-order chi connectivity index (χ0) is 13.9. The summed E-state index contributed by atoms with van der Waals surface area (Å²) in [5.41, 5.74) is 2.63. The van der Waals surface area contributed by atoms with Crippen molar-refractivity contribution >= 4 is 28.2 Å². The molecule has 0 unspecified atom stereocenters. The van der Waals surface area contributed by atoms with Gasteiger partial charge in [-0.15, -0.1) is 0 Å². The summed E-state index contributed by atoms with van der Waals surface area (Å²) < 4.78 is 2.31. The summed E-state index contributed by atoms with van der Waals surface area (Å²) in [6.45, 7) is 4.46. The third kappa shape index (κ3) is 2.47. The number of unbranched alkanes of at least 4 members (excludes halogenated alkanes) is 1. The van der Waals surface area contributed by atoms with Gasteiger partial charge in [0.15, 0.2) is 5.11 Å². The lowest BCUT2D eigenvalue weighted by Crippen LogP contribution is -2.32. The molecule has 20 heavy (non-hydrogen) atoms. The second kappa shape index (κ2) is 5.96. The van der Waals surface area contributed by atoms with E-state index in [0.717, 1.165) is 24.6 Å². The Morgan fingerprint density at radius 3 is 2.70 bits per heavy atom. The summed E-state index contributed by atoms with van der Waals surface area (Å²) >= 11 is 5.79. The molecule has 2 nitrogen and oxygen atoms in total. The molecule has 1 aliphatic heterocycles. The monoisotopic (exact) mass is 286 g/mol. The minimum atomic E-state index is 0.995. The fraction of sp³-hybridized carbons (Fsp3) is 0.471. The van der Waals surface area contributed by atoms with E-state index in [1.807, 2.05) is 0 Å². The fourth-order valence-electron chi connectivity index (χ4n) is 3.03. The highest BCUT2D eigenvalue weighted by molar-refractivity contribution is 7.80. The van der Waals surface area contributed by atoms with Gasteiger partial charge in [0.1, 0.15) is 0 Å². The first-order chi connectivity index (χ1) is 9.81. The molecule has 2 heterocycles. The van der Waals surface area contributed by atoms with Crippen molar-refractivity contribution in [2.45, 2.75) is 39.0 Å². The fourth-order valence-corrected chi connectivity index (χ4v) is 3.43. The number of rotatable bonds is 3. The zero-order valence-electron chi connectivity index (χ0n) is 12.1. The Hall–Kier alpha value is -1.35. The lowest BCUT2D eigenvalue weighted by Gasteiger charge is -2.22. The van der Waals surface area contributed by atoms with E-state index in [4.69, 9.17) is 12.2 Å². The van der Waals surface area contributed by atoms with Gasteiger partial charge in [0.05, 0.1) is 5.52 Å². The van der Waals surface area contributed by atoms with Crippen LogP contribution in [-0.4, -0.2) is 27.7 Å². The minimum Gasteiger partial charge on any atom is -0.349 e.